The van der Waals surface area contributed by atoms with Crippen LogP contribution < -0.4 is 10.6 Å². The lowest BCUT2D eigenvalue weighted by Crippen LogP contribution is -2.53. The molecule has 0 bridgehead atoms. The average Bonchev–Trinajstić information content (AvgIpc) is 2.68. The lowest BCUT2D eigenvalue weighted by Gasteiger charge is -2.38. The van der Waals surface area contributed by atoms with E-state index in [1.165, 1.54) is 4.90 Å². The number of hydrogen-bond acceptors (Lipinski definition) is 5. The zero-order chi connectivity index (χ0) is 27.1. The molecule has 1 aromatic rings. The highest BCUT2D eigenvalue weighted by Crippen LogP contribution is 2.34. The minimum absolute atomic E-state index is 0.0319. The van der Waals surface area contributed by atoms with E-state index >= 15 is 0 Å². The fraction of sp³-hybridized carbons (Fsp3) is 0.667. The van der Waals surface area contributed by atoms with Crippen LogP contribution in [0.5, 0.6) is 5.75 Å². The van der Waals surface area contributed by atoms with Crippen molar-refractivity contribution in [3.8, 4) is 5.75 Å². The van der Waals surface area contributed by atoms with E-state index in [2.05, 4.69) is 24.5 Å². The normalized spacial score (nSPS) is 13.7. The first-order valence-corrected chi connectivity index (χ1v) is 12.3. The molecule has 0 radical (unpaired) electrons. The molecule has 3 amide bonds. The number of rotatable bonds is 9. The number of benzene rings is 1. The minimum atomic E-state index is -1.08. The van der Waals surface area contributed by atoms with E-state index in [0.717, 1.165) is 6.42 Å². The van der Waals surface area contributed by atoms with Crippen molar-refractivity contribution in [3.63, 3.8) is 0 Å². The summed E-state index contributed by atoms with van der Waals surface area (Å²) in [6, 6.07) is 3.74. The number of hydrogen-bond donors (Lipinski definition) is 3. The second kappa shape index (κ2) is 12.3. The molecule has 0 aliphatic rings. The first kappa shape index (κ1) is 30.3. The van der Waals surface area contributed by atoms with E-state index in [1.54, 1.807) is 45.9 Å². The quantitative estimate of drug-likeness (QED) is 0.458. The highest BCUT2D eigenvalue weighted by molar-refractivity contribution is 5.91. The Bertz CT molecular complexity index is 884. The molecule has 2 atom stereocenters. The van der Waals surface area contributed by atoms with Crippen LogP contribution in [-0.4, -0.2) is 51.6 Å². The van der Waals surface area contributed by atoms with Gasteiger partial charge in [-0.3, -0.25) is 9.59 Å². The number of ether oxygens (including phenoxy) is 1. The van der Waals surface area contributed by atoms with Crippen molar-refractivity contribution in [2.24, 2.45) is 5.92 Å². The molecule has 0 aromatic heterocycles. The van der Waals surface area contributed by atoms with Crippen LogP contribution in [0.2, 0.25) is 0 Å². The van der Waals surface area contributed by atoms with Crippen LogP contribution in [0, 0.1) is 12.8 Å². The molecule has 1 rings (SSSR count). The molecule has 1 aromatic carbocycles. The SMILES string of the molecule is Cc1cccc(C(C(=O)NC(C)(C)C)N(C(=O)CNC(=O)OC(C)(C)C)C(C)CCC(C)C)c1O. The summed E-state index contributed by atoms with van der Waals surface area (Å²) in [5, 5.41) is 16.4. The van der Waals surface area contributed by atoms with E-state index < -0.39 is 35.1 Å². The van der Waals surface area contributed by atoms with Crippen LogP contribution in [-0.2, 0) is 14.3 Å². The fourth-order valence-corrected chi connectivity index (χ4v) is 3.67. The maximum absolute atomic E-state index is 13.6. The molecule has 198 valence electrons. The summed E-state index contributed by atoms with van der Waals surface area (Å²) >= 11 is 0. The van der Waals surface area contributed by atoms with Gasteiger partial charge in [0.1, 0.15) is 23.9 Å². The summed E-state index contributed by atoms with van der Waals surface area (Å²) in [4.78, 5) is 40.9. The number of aryl methyl sites for hydroxylation is 1. The van der Waals surface area contributed by atoms with Gasteiger partial charge in [-0.25, -0.2) is 4.79 Å². The van der Waals surface area contributed by atoms with E-state index in [0.29, 0.717) is 23.5 Å². The van der Waals surface area contributed by atoms with Gasteiger partial charge in [-0.05, 0) is 79.7 Å². The Kier molecular flexibility index (Phi) is 10.6. The number of amides is 3. The molecule has 3 N–H and O–H groups in total. The van der Waals surface area contributed by atoms with Crippen LogP contribution in [0.3, 0.4) is 0 Å². The van der Waals surface area contributed by atoms with Gasteiger partial charge in [-0.15, -0.1) is 0 Å². The summed E-state index contributed by atoms with van der Waals surface area (Å²) < 4.78 is 5.26. The van der Waals surface area contributed by atoms with Crippen LogP contribution >= 0.6 is 0 Å². The summed E-state index contributed by atoms with van der Waals surface area (Å²) in [5.41, 5.74) is -0.321. The van der Waals surface area contributed by atoms with Gasteiger partial charge < -0.3 is 25.4 Å². The molecule has 0 saturated heterocycles. The maximum atomic E-state index is 13.6. The standard InChI is InChI=1S/C27H45N3O5/c1-17(2)14-15-19(4)30(21(31)16-28-25(34)35-27(8,9)10)22(24(33)29-26(5,6)7)20-13-11-12-18(3)23(20)32/h11-13,17,19,22,32H,14-16H2,1-10H3,(H,28,34)(H,29,33). The predicted octanol–water partition coefficient (Wildman–Crippen LogP) is 4.83. The van der Waals surface area contributed by atoms with Crippen molar-refractivity contribution in [2.75, 3.05) is 6.54 Å². The number of nitrogens with zero attached hydrogens (tertiary/aromatic N) is 1. The number of para-hydroxylation sites is 1. The van der Waals surface area contributed by atoms with Gasteiger partial charge in [0.15, 0.2) is 0 Å². The summed E-state index contributed by atoms with van der Waals surface area (Å²) in [7, 11) is 0. The Labute approximate surface area is 210 Å². The minimum Gasteiger partial charge on any atom is -0.507 e. The third-order valence-electron chi connectivity index (χ3n) is 5.30. The fourth-order valence-electron chi connectivity index (χ4n) is 3.67. The topological polar surface area (TPSA) is 108 Å². The van der Waals surface area contributed by atoms with E-state index in [9.17, 15) is 19.5 Å². The van der Waals surface area contributed by atoms with Crippen molar-refractivity contribution in [1.29, 1.82) is 0 Å². The highest BCUT2D eigenvalue weighted by Gasteiger charge is 2.37. The van der Waals surface area contributed by atoms with Crippen molar-refractivity contribution >= 4 is 17.9 Å². The average molecular weight is 492 g/mol. The van der Waals surface area contributed by atoms with E-state index in [1.807, 2.05) is 27.7 Å². The summed E-state index contributed by atoms with van der Waals surface area (Å²) in [5.74, 6) is -0.471. The molecule has 8 nitrogen and oxygen atoms in total. The van der Waals surface area contributed by atoms with E-state index in [4.69, 9.17) is 4.74 Å². The molecule has 0 heterocycles. The van der Waals surface area contributed by atoms with Crippen molar-refractivity contribution in [2.45, 2.75) is 105 Å². The molecule has 2 unspecified atom stereocenters. The number of aromatic hydroxyl groups is 1. The van der Waals surface area contributed by atoms with Gasteiger partial charge in [0, 0.05) is 17.1 Å². The van der Waals surface area contributed by atoms with Crippen molar-refractivity contribution in [1.82, 2.24) is 15.5 Å². The monoisotopic (exact) mass is 491 g/mol. The number of phenolic OH excluding ortho intramolecular Hbond substituents is 1. The van der Waals surface area contributed by atoms with Gasteiger partial charge in [0.2, 0.25) is 11.8 Å². The number of carbonyl (C=O) groups excluding carboxylic acids is 3. The Morgan fingerprint density at radius 2 is 1.63 bits per heavy atom. The van der Waals surface area contributed by atoms with Gasteiger partial charge in [0.25, 0.3) is 0 Å². The number of nitrogens with one attached hydrogen (secondary N) is 2. The van der Waals surface area contributed by atoms with Crippen LogP contribution in [0.4, 0.5) is 4.79 Å². The van der Waals surface area contributed by atoms with Crippen LogP contribution in [0.15, 0.2) is 18.2 Å². The number of carbonyl (C=O) groups is 3. The molecule has 0 fully saturated rings. The molecular formula is C27H45N3O5. The molecule has 0 spiro atoms. The predicted molar refractivity (Wildman–Crippen MR) is 138 cm³/mol. The molecule has 0 aliphatic carbocycles. The van der Waals surface area contributed by atoms with Gasteiger partial charge in [-0.2, -0.15) is 0 Å². The number of alkyl carbamates (subject to hydrolysis) is 1. The van der Waals surface area contributed by atoms with Crippen LogP contribution in [0.25, 0.3) is 0 Å². The third kappa shape index (κ3) is 10.2. The number of phenols is 1. The zero-order valence-corrected chi connectivity index (χ0v) is 23.1. The third-order valence-corrected chi connectivity index (χ3v) is 5.30. The van der Waals surface area contributed by atoms with Gasteiger partial charge in [0.05, 0.1) is 0 Å². The first-order chi connectivity index (χ1) is 15.9. The summed E-state index contributed by atoms with van der Waals surface area (Å²) in [6.07, 6.45) is 0.786. The maximum Gasteiger partial charge on any atom is 0.408 e. The smallest absolute Gasteiger partial charge is 0.408 e. The Balaban J connectivity index is 3.46. The Morgan fingerprint density at radius 1 is 1.03 bits per heavy atom. The second-order valence-electron chi connectivity index (χ2n) is 11.6. The van der Waals surface area contributed by atoms with Crippen molar-refractivity contribution in [3.05, 3.63) is 29.3 Å². The van der Waals surface area contributed by atoms with Gasteiger partial charge >= 0.3 is 6.09 Å². The highest BCUT2D eigenvalue weighted by atomic mass is 16.6. The molecule has 8 heteroatoms. The largest absolute Gasteiger partial charge is 0.507 e. The molecule has 0 saturated carbocycles. The van der Waals surface area contributed by atoms with Crippen molar-refractivity contribution < 1.29 is 24.2 Å². The lowest BCUT2D eigenvalue weighted by atomic mass is 9.95. The Hall–Kier alpha value is -2.77. The van der Waals surface area contributed by atoms with Crippen LogP contribution in [0.1, 0.15) is 92.3 Å². The summed E-state index contributed by atoms with van der Waals surface area (Å²) in [6.45, 7) is 18.3. The molecular weight excluding hydrogens is 446 g/mol. The first-order valence-electron chi connectivity index (χ1n) is 12.3. The molecule has 0 aliphatic heterocycles. The zero-order valence-electron chi connectivity index (χ0n) is 23.1. The Morgan fingerprint density at radius 3 is 2.14 bits per heavy atom. The molecule has 35 heavy (non-hydrogen) atoms. The van der Waals surface area contributed by atoms with E-state index in [-0.39, 0.29) is 18.3 Å². The second-order valence-corrected chi connectivity index (χ2v) is 11.6. The van der Waals surface area contributed by atoms with Gasteiger partial charge in [-0.1, -0.05) is 32.0 Å². The lowest BCUT2D eigenvalue weighted by molar-refractivity contribution is -0.143.